The molecule has 0 aliphatic rings. The summed E-state index contributed by atoms with van der Waals surface area (Å²) in [6.07, 6.45) is 15.7. The molecular weight excluding hydrogens is 830 g/mol. The summed E-state index contributed by atoms with van der Waals surface area (Å²) in [6, 6.07) is 0. The maximum absolute atomic E-state index is 11.9. The fourth-order valence-corrected chi connectivity index (χ4v) is 6.67. The van der Waals surface area contributed by atoms with Crippen LogP contribution in [0.1, 0.15) is 229 Å². The minimum Gasteiger partial charge on any atom is -0.852 e. The zero-order valence-electron chi connectivity index (χ0n) is 43.1. The van der Waals surface area contributed by atoms with Crippen molar-refractivity contribution in [2.75, 3.05) is 13.2 Å². The summed E-state index contributed by atoms with van der Waals surface area (Å²) >= 11 is 0. The Morgan fingerprint density at radius 2 is 0.661 bits per heavy atom. The molecule has 0 spiro atoms. The summed E-state index contributed by atoms with van der Waals surface area (Å²) in [7, 11) is -8.33. The molecule has 0 aromatic carbocycles. The van der Waals surface area contributed by atoms with Crippen LogP contribution in [-0.4, -0.2) is 49.8 Å². The van der Waals surface area contributed by atoms with Gasteiger partial charge in [0, 0.05) is 0 Å². The van der Waals surface area contributed by atoms with Gasteiger partial charge in [-0.3, -0.25) is 9.13 Å². The Hall–Kier alpha value is 0.774. The van der Waals surface area contributed by atoms with Crippen LogP contribution in [0.15, 0.2) is 0 Å². The van der Waals surface area contributed by atoms with E-state index in [1.807, 2.05) is 13.8 Å². The summed E-state index contributed by atoms with van der Waals surface area (Å²) in [6.45, 7) is 30.0. The van der Waals surface area contributed by atoms with Crippen LogP contribution in [0.4, 0.5) is 0 Å². The molecule has 0 saturated heterocycles. The molecule has 0 aromatic heterocycles. The molecule has 6 atom stereocenters. The largest absolute Gasteiger partial charge is 4.00 e. The topological polar surface area (TPSA) is 209 Å². The average molecular weight is 929 g/mol. The van der Waals surface area contributed by atoms with E-state index in [1.165, 1.54) is 0 Å². The third kappa shape index (κ3) is 79.6. The summed E-state index contributed by atoms with van der Waals surface area (Å²) in [4.78, 5) is 23.8. The second kappa shape index (κ2) is 53.1. The van der Waals surface area contributed by atoms with Gasteiger partial charge in [0.2, 0.25) is 0 Å². The number of hydrogen-bond donors (Lipinski definition) is 0. The zero-order valence-corrected chi connectivity index (χ0v) is 44.4. The second-order valence-corrected chi connectivity index (χ2v) is 18.5. The van der Waals surface area contributed by atoms with E-state index in [0.717, 1.165) is 103 Å². The minimum atomic E-state index is -4.16. The van der Waals surface area contributed by atoms with E-state index in [2.05, 4.69) is 41.5 Å². The molecule has 12 nitrogen and oxygen atoms in total. The number of rotatable bonds is 28. The Morgan fingerprint density at radius 3 is 0.847 bits per heavy atom. The molecule has 15 heteroatoms. The van der Waals surface area contributed by atoms with E-state index >= 15 is 0 Å². The van der Waals surface area contributed by atoms with E-state index in [4.69, 9.17) is 18.1 Å². The first kappa shape index (κ1) is 74.1. The summed E-state index contributed by atoms with van der Waals surface area (Å²) in [5, 5.41) is 38.1. The first-order valence-corrected chi connectivity index (χ1v) is 25.7. The van der Waals surface area contributed by atoms with Gasteiger partial charge in [0.25, 0.3) is 15.6 Å². The van der Waals surface area contributed by atoms with Crippen molar-refractivity contribution in [1.29, 1.82) is 0 Å². The van der Waals surface area contributed by atoms with Crippen LogP contribution >= 0.6 is 15.6 Å². The van der Waals surface area contributed by atoms with Gasteiger partial charge in [0.1, 0.15) is 0 Å². The van der Waals surface area contributed by atoms with Crippen molar-refractivity contribution in [3.05, 3.63) is 0 Å². The SMILES string of the molecule is CC(C)[O-].CC(C)[O-].CC(C)[O-].CC(C)[O-].CCCCCC(CC)OP(=O)([O-])OCC(CC)CCCC.CCCCCC(CC)OP(=O)([O-])OCC(CC)CCCC.[H+].[H+].[Ti+4]. The first-order chi connectivity index (χ1) is 26.9. The van der Waals surface area contributed by atoms with E-state index in [1.54, 1.807) is 55.4 Å². The molecule has 6 unspecified atom stereocenters. The molecular formula is C44H98O12P2Ti. The van der Waals surface area contributed by atoms with Gasteiger partial charge < -0.3 is 48.3 Å². The molecule has 0 heterocycles. The fraction of sp³-hybridized carbons (Fsp3) is 1.00. The second-order valence-electron chi connectivity index (χ2n) is 15.8. The van der Waals surface area contributed by atoms with Gasteiger partial charge in [-0.1, -0.05) is 188 Å². The molecule has 0 aliphatic heterocycles. The first-order valence-electron chi connectivity index (χ1n) is 22.8. The molecule has 0 rings (SSSR count). The van der Waals surface area contributed by atoms with Crippen LogP contribution in [0.3, 0.4) is 0 Å². The monoisotopic (exact) mass is 929 g/mol. The van der Waals surface area contributed by atoms with Crippen LogP contribution in [0, 0.1) is 11.8 Å². The smallest absolute Gasteiger partial charge is 0.852 e. The Kier molecular flexibility index (Phi) is 66.7. The van der Waals surface area contributed by atoms with Gasteiger partial charge in [-0.15, -0.1) is 24.4 Å². The van der Waals surface area contributed by atoms with E-state index in [0.29, 0.717) is 24.7 Å². The normalized spacial score (nSPS) is 14.8. The van der Waals surface area contributed by atoms with E-state index in [-0.39, 0.29) is 50.0 Å². The van der Waals surface area contributed by atoms with Gasteiger partial charge in [-0.2, -0.15) is 0 Å². The Morgan fingerprint density at radius 1 is 0.424 bits per heavy atom. The molecule has 59 heavy (non-hydrogen) atoms. The molecule has 360 valence electrons. The fourth-order valence-electron chi connectivity index (χ4n) is 4.52. The maximum atomic E-state index is 11.9. The number of unbranched alkanes of at least 4 members (excludes halogenated alkanes) is 6. The third-order valence-corrected chi connectivity index (χ3v) is 9.79. The molecule has 0 radical (unpaired) electrons. The number of hydrogen-bond acceptors (Lipinski definition) is 12. The predicted octanol–water partition coefficient (Wildman–Crippen LogP) is 9.37. The molecule has 0 N–H and O–H groups in total. The van der Waals surface area contributed by atoms with Crippen molar-refractivity contribution >= 4 is 15.6 Å². The summed E-state index contributed by atoms with van der Waals surface area (Å²) < 4.78 is 44.4. The standard InChI is InChI=1S/2C16H35O4P.4C3H7O.Ti/c2*1-5-9-11-13-16(8-4)20-21(17,18)19-14-15(7-3)12-10-6-2;4*1-3(2)4;/h2*15-16H,5-14H2,1-4H3,(H,17,18);4*3H,1-2H3;/q;;4*-1;+4. The Bertz CT molecular complexity index is 791. The van der Waals surface area contributed by atoms with Gasteiger partial charge in [-0.25, -0.2) is 0 Å². The third-order valence-electron chi connectivity index (χ3n) is 7.75. The Balaban J connectivity index is -0.0000000899. The van der Waals surface area contributed by atoms with Crippen LogP contribution in [0.5, 0.6) is 0 Å². The van der Waals surface area contributed by atoms with E-state index in [9.17, 15) is 39.3 Å². The van der Waals surface area contributed by atoms with Crippen LogP contribution < -0.4 is 30.2 Å². The molecule has 0 fully saturated rings. The van der Waals surface area contributed by atoms with Crippen molar-refractivity contribution in [1.82, 2.24) is 0 Å². The average Bonchev–Trinajstić information content (AvgIpc) is 3.10. The van der Waals surface area contributed by atoms with Crippen LogP contribution in [-0.2, 0) is 48.9 Å². The predicted molar refractivity (Wildman–Crippen MR) is 235 cm³/mol. The zero-order chi connectivity index (χ0) is 46.6. The van der Waals surface area contributed by atoms with Gasteiger partial charge in [-0.05, 0) is 50.4 Å². The molecule has 0 bridgehead atoms. The van der Waals surface area contributed by atoms with Gasteiger partial charge in [0.15, 0.2) is 0 Å². The van der Waals surface area contributed by atoms with Crippen molar-refractivity contribution in [3.8, 4) is 0 Å². The number of phosphoric ester groups is 2. The van der Waals surface area contributed by atoms with Crippen molar-refractivity contribution < 1.29 is 82.0 Å². The molecule has 0 amide bonds. The van der Waals surface area contributed by atoms with Crippen molar-refractivity contribution in [3.63, 3.8) is 0 Å². The quantitative estimate of drug-likeness (QED) is 0.0408. The maximum Gasteiger partial charge on any atom is 4.00 e. The van der Waals surface area contributed by atoms with Gasteiger partial charge in [0.05, 0.1) is 25.4 Å². The van der Waals surface area contributed by atoms with E-state index < -0.39 is 40.1 Å². The Labute approximate surface area is 384 Å². The van der Waals surface area contributed by atoms with Gasteiger partial charge >= 0.3 is 24.6 Å². The molecule has 0 saturated carbocycles. The number of phosphoric acid groups is 2. The van der Waals surface area contributed by atoms with Crippen LogP contribution in [0.2, 0.25) is 0 Å². The van der Waals surface area contributed by atoms with Crippen molar-refractivity contribution in [2.45, 2.75) is 263 Å². The summed E-state index contributed by atoms with van der Waals surface area (Å²) in [5.74, 6) is 0.604. The molecule has 0 aliphatic carbocycles. The minimum absolute atomic E-state index is 0. The molecule has 0 aromatic rings. The summed E-state index contributed by atoms with van der Waals surface area (Å²) in [5.41, 5.74) is 0. The van der Waals surface area contributed by atoms with Crippen molar-refractivity contribution in [2.24, 2.45) is 11.8 Å². The van der Waals surface area contributed by atoms with Crippen LogP contribution in [0.25, 0.3) is 0 Å².